The molecule has 0 spiro atoms. The third kappa shape index (κ3) is 1.52. The molecule has 1 saturated heterocycles. The van der Waals surface area contributed by atoms with Crippen molar-refractivity contribution in [2.75, 3.05) is 0 Å². The predicted octanol–water partition coefficient (Wildman–Crippen LogP) is -2.19. The van der Waals surface area contributed by atoms with Crippen LogP contribution in [0.1, 0.15) is 6.92 Å². The zero-order valence-corrected chi connectivity index (χ0v) is 6.08. The molecule has 1 rings (SSSR count). The molecule has 5 nitrogen and oxygen atoms in total. The van der Waals surface area contributed by atoms with Gasteiger partial charge in [-0.05, 0) is 6.92 Å². The van der Waals surface area contributed by atoms with Crippen LogP contribution in [0.15, 0.2) is 0 Å². The second-order valence-electron chi connectivity index (χ2n) is 2.70. The topological polar surface area (TPSA) is 90.2 Å². The summed E-state index contributed by atoms with van der Waals surface area (Å²) in [7, 11) is 0. The lowest BCUT2D eigenvalue weighted by Gasteiger charge is -2.36. The van der Waals surface area contributed by atoms with Gasteiger partial charge in [0.1, 0.15) is 18.3 Å². The standard InChI is InChI=1S/C6H12O5/c1-2-3(7)4(8)5(9)6(10)11-2/h2-10H,1H3/t2-,3-,4?,5+,6-/m0/s1. The number of hydrogen-bond donors (Lipinski definition) is 4. The van der Waals surface area contributed by atoms with Crippen LogP contribution in [-0.4, -0.2) is 51.1 Å². The van der Waals surface area contributed by atoms with Crippen LogP contribution in [-0.2, 0) is 4.74 Å². The third-order valence-electron chi connectivity index (χ3n) is 1.83. The molecular formula is C6H12O5. The van der Waals surface area contributed by atoms with E-state index in [1.54, 1.807) is 0 Å². The molecule has 0 amide bonds. The SMILES string of the molecule is C[C@@H]1O[C@H](O)[C@H](O)C(O)[C@H]1O. The van der Waals surface area contributed by atoms with Crippen LogP contribution in [0.3, 0.4) is 0 Å². The summed E-state index contributed by atoms with van der Waals surface area (Å²) in [5.41, 5.74) is 0. The third-order valence-corrected chi connectivity index (χ3v) is 1.83. The largest absolute Gasteiger partial charge is 0.388 e. The molecule has 4 N–H and O–H groups in total. The van der Waals surface area contributed by atoms with Crippen LogP contribution in [0, 0.1) is 0 Å². The average Bonchev–Trinajstić information content (AvgIpc) is 1.97. The van der Waals surface area contributed by atoms with Gasteiger partial charge in [0, 0.05) is 0 Å². The molecular weight excluding hydrogens is 152 g/mol. The Balaban J connectivity index is 2.63. The average molecular weight is 164 g/mol. The first-order valence-electron chi connectivity index (χ1n) is 3.41. The highest BCUT2D eigenvalue weighted by atomic mass is 16.6. The van der Waals surface area contributed by atoms with Crippen molar-refractivity contribution in [1.29, 1.82) is 0 Å². The van der Waals surface area contributed by atoms with Crippen LogP contribution < -0.4 is 0 Å². The summed E-state index contributed by atoms with van der Waals surface area (Å²) in [5, 5.41) is 36.0. The Bertz CT molecular complexity index is 125. The van der Waals surface area contributed by atoms with E-state index in [1.165, 1.54) is 6.92 Å². The maximum atomic E-state index is 9.09. The molecule has 0 bridgehead atoms. The number of rotatable bonds is 0. The Kier molecular flexibility index (Phi) is 2.46. The van der Waals surface area contributed by atoms with Gasteiger partial charge < -0.3 is 25.2 Å². The van der Waals surface area contributed by atoms with Gasteiger partial charge in [-0.3, -0.25) is 0 Å². The summed E-state index contributed by atoms with van der Waals surface area (Å²) >= 11 is 0. The molecule has 5 atom stereocenters. The molecule has 0 aromatic carbocycles. The first-order valence-corrected chi connectivity index (χ1v) is 3.41. The minimum Gasteiger partial charge on any atom is -0.388 e. The second-order valence-corrected chi connectivity index (χ2v) is 2.70. The molecule has 0 aromatic heterocycles. The van der Waals surface area contributed by atoms with Crippen LogP contribution in [0.5, 0.6) is 0 Å². The fourth-order valence-electron chi connectivity index (χ4n) is 1.03. The lowest BCUT2D eigenvalue weighted by atomic mass is 10.0. The van der Waals surface area contributed by atoms with Crippen molar-refractivity contribution in [3.05, 3.63) is 0 Å². The molecule has 1 unspecified atom stereocenters. The Morgan fingerprint density at radius 2 is 1.45 bits per heavy atom. The van der Waals surface area contributed by atoms with Gasteiger partial charge >= 0.3 is 0 Å². The summed E-state index contributed by atoms with van der Waals surface area (Å²) in [4.78, 5) is 0. The Hall–Kier alpha value is -0.200. The van der Waals surface area contributed by atoms with Crippen molar-refractivity contribution in [1.82, 2.24) is 0 Å². The summed E-state index contributed by atoms with van der Waals surface area (Å²) in [6, 6.07) is 0. The Morgan fingerprint density at radius 3 is 2.00 bits per heavy atom. The van der Waals surface area contributed by atoms with E-state index < -0.39 is 30.7 Å². The second kappa shape index (κ2) is 3.04. The zero-order valence-electron chi connectivity index (χ0n) is 6.08. The van der Waals surface area contributed by atoms with Gasteiger partial charge in [0.2, 0.25) is 0 Å². The summed E-state index contributed by atoms with van der Waals surface area (Å²) in [6.45, 7) is 1.50. The minimum atomic E-state index is -1.43. The van der Waals surface area contributed by atoms with Gasteiger partial charge in [-0.15, -0.1) is 0 Å². The summed E-state index contributed by atoms with van der Waals surface area (Å²) in [5.74, 6) is 0. The Morgan fingerprint density at radius 1 is 0.909 bits per heavy atom. The van der Waals surface area contributed by atoms with Crippen molar-refractivity contribution < 1.29 is 25.2 Å². The molecule has 0 radical (unpaired) electrons. The van der Waals surface area contributed by atoms with Crippen LogP contribution in [0.4, 0.5) is 0 Å². The van der Waals surface area contributed by atoms with Crippen molar-refractivity contribution in [2.24, 2.45) is 0 Å². The molecule has 0 aliphatic carbocycles. The first kappa shape index (κ1) is 8.89. The monoisotopic (exact) mass is 164 g/mol. The van der Waals surface area contributed by atoms with Gasteiger partial charge in [-0.25, -0.2) is 0 Å². The first-order chi connectivity index (χ1) is 5.04. The molecule has 1 heterocycles. The maximum Gasteiger partial charge on any atom is 0.183 e. The van der Waals surface area contributed by atoms with Crippen molar-refractivity contribution in [2.45, 2.75) is 37.6 Å². The van der Waals surface area contributed by atoms with Gasteiger partial charge in [0.05, 0.1) is 6.10 Å². The Labute approximate surface area is 63.8 Å². The van der Waals surface area contributed by atoms with Gasteiger partial charge in [-0.1, -0.05) is 0 Å². The molecule has 0 saturated carbocycles. The molecule has 1 aliphatic rings. The van der Waals surface area contributed by atoms with E-state index in [-0.39, 0.29) is 0 Å². The van der Waals surface area contributed by atoms with E-state index in [0.29, 0.717) is 0 Å². The van der Waals surface area contributed by atoms with Gasteiger partial charge in [0.25, 0.3) is 0 Å². The molecule has 11 heavy (non-hydrogen) atoms. The van der Waals surface area contributed by atoms with Crippen LogP contribution >= 0.6 is 0 Å². The molecule has 5 heteroatoms. The number of aliphatic hydroxyl groups excluding tert-OH is 4. The molecule has 66 valence electrons. The number of aliphatic hydroxyl groups is 4. The highest BCUT2D eigenvalue weighted by Crippen LogP contribution is 2.18. The highest BCUT2D eigenvalue weighted by molar-refractivity contribution is 4.86. The van der Waals surface area contributed by atoms with Crippen molar-refractivity contribution in [3.8, 4) is 0 Å². The predicted molar refractivity (Wildman–Crippen MR) is 34.6 cm³/mol. The van der Waals surface area contributed by atoms with E-state index in [4.69, 9.17) is 20.4 Å². The maximum absolute atomic E-state index is 9.09. The fourth-order valence-corrected chi connectivity index (χ4v) is 1.03. The molecule has 0 aromatic rings. The lowest BCUT2D eigenvalue weighted by molar-refractivity contribution is -0.277. The van der Waals surface area contributed by atoms with E-state index in [0.717, 1.165) is 0 Å². The van der Waals surface area contributed by atoms with Gasteiger partial charge in [0.15, 0.2) is 6.29 Å². The van der Waals surface area contributed by atoms with E-state index in [1.807, 2.05) is 0 Å². The zero-order chi connectivity index (χ0) is 8.59. The summed E-state index contributed by atoms with van der Waals surface area (Å²) < 4.78 is 4.68. The summed E-state index contributed by atoms with van der Waals surface area (Å²) in [6.07, 6.45) is -5.99. The number of ether oxygens (including phenoxy) is 1. The highest BCUT2D eigenvalue weighted by Gasteiger charge is 2.40. The van der Waals surface area contributed by atoms with E-state index in [9.17, 15) is 0 Å². The quantitative estimate of drug-likeness (QED) is 0.326. The molecule has 1 aliphatic heterocycles. The van der Waals surface area contributed by atoms with Gasteiger partial charge in [-0.2, -0.15) is 0 Å². The normalized spacial score (nSPS) is 52.6. The van der Waals surface area contributed by atoms with Crippen molar-refractivity contribution >= 4 is 0 Å². The smallest absolute Gasteiger partial charge is 0.183 e. The number of hydrogen-bond acceptors (Lipinski definition) is 5. The van der Waals surface area contributed by atoms with Crippen molar-refractivity contribution in [3.63, 3.8) is 0 Å². The van der Waals surface area contributed by atoms with Crippen LogP contribution in [0.25, 0.3) is 0 Å². The van der Waals surface area contributed by atoms with E-state index >= 15 is 0 Å². The fraction of sp³-hybridized carbons (Fsp3) is 1.00. The molecule has 1 fully saturated rings. The van der Waals surface area contributed by atoms with E-state index in [2.05, 4.69) is 4.74 Å². The lowest BCUT2D eigenvalue weighted by Crippen LogP contribution is -2.56. The minimum absolute atomic E-state index is 0.664. The van der Waals surface area contributed by atoms with Crippen LogP contribution in [0.2, 0.25) is 0 Å².